The molecule has 1 atom stereocenters. The molecule has 0 aliphatic heterocycles. The minimum absolute atomic E-state index is 0.439. The van der Waals surface area contributed by atoms with Crippen molar-refractivity contribution in [1.82, 2.24) is 0 Å². The zero-order valence-corrected chi connectivity index (χ0v) is 30.2. The molecule has 0 nitrogen and oxygen atoms in total. The molecule has 0 saturated heterocycles. The lowest BCUT2D eigenvalue weighted by Gasteiger charge is -2.29. The summed E-state index contributed by atoms with van der Waals surface area (Å²) in [5.41, 5.74) is 9.89. The zero-order chi connectivity index (χ0) is 34.9. The van der Waals surface area contributed by atoms with E-state index < -0.39 is 0 Å². The predicted octanol–water partition coefficient (Wildman–Crippen LogP) is 14.7. The average molecular weight is 693 g/mol. The molecule has 250 valence electrons. The maximum Gasteiger partial charge on any atom is 0.0128 e. The maximum absolute atomic E-state index is 2.53. The van der Waals surface area contributed by atoms with Crippen LogP contribution in [-0.2, 0) is 6.42 Å². The first-order valence-electron chi connectivity index (χ1n) is 18.8. The molecule has 0 bridgehead atoms. The van der Waals surface area contributed by atoms with E-state index in [1.54, 1.807) is 0 Å². The van der Waals surface area contributed by atoms with Gasteiger partial charge >= 0.3 is 0 Å². The molecule has 11 rings (SSSR count). The first-order valence-corrected chi connectivity index (χ1v) is 19.6. The summed E-state index contributed by atoms with van der Waals surface area (Å²) in [5.74, 6) is 0.439. The van der Waals surface area contributed by atoms with E-state index >= 15 is 0 Å². The van der Waals surface area contributed by atoms with Crippen LogP contribution in [-0.4, -0.2) is 0 Å². The van der Waals surface area contributed by atoms with Gasteiger partial charge in [-0.3, -0.25) is 0 Å². The Hall–Kier alpha value is -5.89. The quantitative estimate of drug-likeness (QED) is 0.165. The van der Waals surface area contributed by atoms with Gasteiger partial charge in [-0.05, 0) is 142 Å². The zero-order valence-electron chi connectivity index (χ0n) is 29.4. The minimum Gasteiger partial charge on any atom is -0.0901 e. The molecule has 0 aromatic heterocycles. The summed E-state index contributed by atoms with van der Waals surface area (Å²) >= 11 is 1.83. The molecule has 0 radical (unpaired) electrons. The number of allylic oxidation sites excluding steroid dienone is 9. The van der Waals surface area contributed by atoms with Gasteiger partial charge in [-0.15, -0.1) is 0 Å². The monoisotopic (exact) mass is 692 g/mol. The Labute approximate surface area is 314 Å². The standard InChI is InChI=1S/C52H36S/c1-2-16-36(17-3-1)53-37-28-29-46-47(31-37)38-18-6-7-19-39(38)48-32-49(40-20-8-9-21-41(40)51(46)48)52-44-24-12-10-22-42(44)50(43-23-11-13-25-45(43)52)35-27-26-33-14-4-5-15-34(33)30-35/h1-10,12-22,24-29,31-32,34H,11,23,30H2. The number of hydrogen-bond donors (Lipinski definition) is 0. The molecule has 1 heteroatoms. The van der Waals surface area contributed by atoms with E-state index in [0.717, 1.165) is 19.3 Å². The SMILES string of the molecule is C1=CC2=CC=C(c3c4c(c(-c5cc6c7ccccc7c7cc(Sc8ccccc8)ccc7c6c6ccccc56)c5ccccc35)C=CCC4)CC2C=C1. The number of benzene rings is 8. The molecule has 0 amide bonds. The largest absolute Gasteiger partial charge is 0.0901 e. The van der Waals surface area contributed by atoms with Gasteiger partial charge in [-0.1, -0.05) is 157 Å². The smallest absolute Gasteiger partial charge is 0.0128 e. The minimum atomic E-state index is 0.439. The van der Waals surface area contributed by atoms with Crippen LogP contribution in [0.2, 0.25) is 0 Å². The fourth-order valence-electron chi connectivity index (χ4n) is 9.38. The third-order valence-electron chi connectivity index (χ3n) is 11.7. The van der Waals surface area contributed by atoms with E-state index in [1.807, 2.05) is 11.8 Å². The van der Waals surface area contributed by atoms with Crippen molar-refractivity contribution in [2.24, 2.45) is 5.92 Å². The molecule has 8 aromatic carbocycles. The number of rotatable bonds is 4. The Morgan fingerprint density at radius 1 is 0.509 bits per heavy atom. The van der Waals surface area contributed by atoms with Crippen LogP contribution in [0.4, 0.5) is 0 Å². The summed E-state index contributed by atoms with van der Waals surface area (Å²) in [7, 11) is 0. The van der Waals surface area contributed by atoms with Gasteiger partial charge in [0.2, 0.25) is 0 Å². The van der Waals surface area contributed by atoms with Gasteiger partial charge in [0.25, 0.3) is 0 Å². The van der Waals surface area contributed by atoms with Crippen molar-refractivity contribution < 1.29 is 0 Å². The van der Waals surface area contributed by atoms with Crippen molar-refractivity contribution in [1.29, 1.82) is 0 Å². The van der Waals surface area contributed by atoms with Crippen LogP contribution in [0.25, 0.3) is 76.6 Å². The summed E-state index contributed by atoms with van der Waals surface area (Å²) in [5, 5.41) is 13.2. The second-order valence-corrected chi connectivity index (χ2v) is 15.7. The number of fused-ring (bicyclic) bond motifs is 11. The van der Waals surface area contributed by atoms with Crippen LogP contribution in [0.3, 0.4) is 0 Å². The molecule has 0 N–H and O–H groups in total. The van der Waals surface area contributed by atoms with Crippen LogP contribution in [0.5, 0.6) is 0 Å². The highest BCUT2D eigenvalue weighted by Gasteiger charge is 2.27. The van der Waals surface area contributed by atoms with Gasteiger partial charge < -0.3 is 0 Å². The Morgan fingerprint density at radius 2 is 1.21 bits per heavy atom. The Balaban J connectivity index is 1.21. The normalized spacial score (nSPS) is 16.3. The molecule has 8 aromatic rings. The molecule has 0 spiro atoms. The van der Waals surface area contributed by atoms with Crippen molar-refractivity contribution in [3.63, 3.8) is 0 Å². The first kappa shape index (κ1) is 30.7. The second kappa shape index (κ2) is 12.4. The van der Waals surface area contributed by atoms with Crippen molar-refractivity contribution in [3.05, 3.63) is 192 Å². The maximum atomic E-state index is 2.53. The third-order valence-corrected chi connectivity index (χ3v) is 12.7. The lowest BCUT2D eigenvalue weighted by Crippen LogP contribution is -2.10. The van der Waals surface area contributed by atoms with Gasteiger partial charge in [0.05, 0.1) is 0 Å². The van der Waals surface area contributed by atoms with Crippen LogP contribution >= 0.6 is 11.8 Å². The van der Waals surface area contributed by atoms with Gasteiger partial charge in [0.1, 0.15) is 0 Å². The lowest BCUT2D eigenvalue weighted by molar-refractivity contribution is 0.791. The van der Waals surface area contributed by atoms with Crippen molar-refractivity contribution >= 4 is 77.3 Å². The van der Waals surface area contributed by atoms with E-state index in [1.165, 1.54) is 103 Å². The predicted molar refractivity (Wildman–Crippen MR) is 230 cm³/mol. The van der Waals surface area contributed by atoms with Crippen LogP contribution in [0.1, 0.15) is 29.5 Å². The van der Waals surface area contributed by atoms with E-state index in [0.29, 0.717) is 5.92 Å². The van der Waals surface area contributed by atoms with Gasteiger partial charge in [-0.25, -0.2) is 0 Å². The van der Waals surface area contributed by atoms with Crippen LogP contribution in [0, 0.1) is 5.92 Å². The lowest BCUT2D eigenvalue weighted by atomic mass is 9.75. The second-order valence-electron chi connectivity index (χ2n) is 14.6. The molecule has 53 heavy (non-hydrogen) atoms. The molecule has 3 aliphatic carbocycles. The Kier molecular flexibility index (Phi) is 7.16. The molecular weight excluding hydrogens is 657 g/mol. The third kappa shape index (κ3) is 4.91. The summed E-state index contributed by atoms with van der Waals surface area (Å²) in [4.78, 5) is 2.52. The fraction of sp³-hybridized carbons (Fsp3) is 0.0769. The number of hydrogen-bond acceptors (Lipinski definition) is 1. The first-order chi connectivity index (χ1) is 26.3. The van der Waals surface area contributed by atoms with E-state index in [9.17, 15) is 0 Å². The molecule has 0 fully saturated rings. The van der Waals surface area contributed by atoms with Gasteiger partial charge in [0, 0.05) is 15.7 Å². The van der Waals surface area contributed by atoms with Crippen LogP contribution < -0.4 is 0 Å². The van der Waals surface area contributed by atoms with Crippen molar-refractivity contribution in [2.45, 2.75) is 29.1 Å². The van der Waals surface area contributed by atoms with Crippen molar-refractivity contribution in [2.75, 3.05) is 0 Å². The van der Waals surface area contributed by atoms with Crippen LogP contribution in [0.15, 0.2) is 185 Å². The highest BCUT2D eigenvalue weighted by atomic mass is 32.2. The van der Waals surface area contributed by atoms with E-state index in [-0.39, 0.29) is 0 Å². The summed E-state index contributed by atoms with van der Waals surface area (Å²) in [6, 6.07) is 47.7. The molecule has 1 unspecified atom stereocenters. The van der Waals surface area contributed by atoms with E-state index in [4.69, 9.17) is 0 Å². The van der Waals surface area contributed by atoms with E-state index in [2.05, 4.69) is 176 Å². The summed E-state index contributed by atoms with van der Waals surface area (Å²) < 4.78 is 0. The summed E-state index contributed by atoms with van der Waals surface area (Å²) in [6.45, 7) is 0. The fourth-order valence-corrected chi connectivity index (χ4v) is 10.3. The van der Waals surface area contributed by atoms with Crippen molar-refractivity contribution in [3.8, 4) is 11.1 Å². The highest BCUT2D eigenvalue weighted by molar-refractivity contribution is 7.99. The molecule has 3 aliphatic rings. The van der Waals surface area contributed by atoms with Gasteiger partial charge in [0.15, 0.2) is 0 Å². The summed E-state index contributed by atoms with van der Waals surface area (Å²) in [6.07, 6.45) is 21.8. The van der Waals surface area contributed by atoms with Gasteiger partial charge in [-0.2, -0.15) is 0 Å². The Morgan fingerprint density at radius 3 is 2.04 bits per heavy atom. The molecule has 0 heterocycles. The topological polar surface area (TPSA) is 0 Å². The molecule has 0 saturated carbocycles. The molecular formula is C52H36S. The average Bonchev–Trinajstić information content (AvgIpc) is 3.22. The Bertz CT molecular complexity index is 2990. The highest BCUT2D eigenvalue weighted by Crippen LogP contribution is 2.50.